The number of hydrogen-bond donors (Lipinski definition) is 0. The second-order valence-corrected chi connectivity index (χ2v) is 7.18. The van der Waals surface area contributed by atoms with Crippen LogP contribution < -0.4 is 4.31 Å². The van der Waals surface area contributed by atoms with Crippen molar-refractivity contribution in [1.82, 2.24) is 0 Å². The van der Waals surface area contributed by atoms with Gasteiger partial charge < -0.3 is 4.74 Å². The zero-order valence-corrected chi connectivity index (χ0v) is 13.3. The lowest BCUT2D eigenvalue weighted by Gasteiger charge is -2.20. The van der Waals surface area contributed by atoms with Crippen LogP contribution >= 0.6 is 0 Å². The van der Waals surface area contributed by atoms with E-state index in [4.69, 9.17) is 4.74 Å². The smallest absolute Gasteiger partial charge is 0.271 e. The van der Waals surface area contributed by atoms with Crippen molar-refractivity contribution in [2.45, 2.75) is 18.2 Å². The number of methoxy groups -OCH3 is 1. The molecular formula is C16H17NO4S. The van der Waals surface area contributed by atoms with Crippen molar-refractivity contribution in [2.24, 2.45) is 5.92 Å². The van der Waals surface area contributed by atoms with E-state index < -0.39 is 21.8 Å². The van der Waals surface area contributed by atoms with Crippen LogP contribution in [0.5, 0.6) is 0 Å². The Bertz CT molecular complexity index is 839. The van der Waals surface area contributed by atoms with Gasteiger partial charge in [-0.3, -0.25) is 4.79 Å². The molecule has 0 N–H and O–H groups in total. The van der Waals surface area contributed by atoms with E-state index in [1.165, 1.54) is 0 Å². The van der Waals surface area contributed by atoms with Crippen molar-refractivity contribution in [3.63, 3.8) is 0 Å². The van der Waals surface area contributed by atoms with Gasteiger partial charge in [-0.05, 0) is 23.9 Å². The van der Waals surface area contributed by atoms with Gasteiger partial charge >= 0.3 is 0 Å². The number of carbonyl (C=O) groups excluding carboxylic acids is 1. The summed E-state index contributed by atoms with van der Waals surface area (Å²) in [6.45, 7) is 2.14. The van der Waals surface area contributed by atoms with Crippen molar-refractivity contribution in [1.29, 1.82) is 0 Å². The molecule has 22 heavy (non-hydrogen) atoms. The van der Waals surface area contributed by atoms with Crippen LogP contribution in [0.25, 0.3) is 10.8 Å². The molecule has 1 atom stereocenters. The molecule has 0 fully saturated rings. The van der Waals surface area contributed by atoms with Gasteiger partial charge in [-0.1, -0.05) is 31.2 Å². The Labute approximate surface area is 129 Å². The highest BCUT2D eigenvalue weighted by molar-refractivity contribution is 7.94. The molecule has 5 nitrogen and oxygen atoms in total. The van der Waals surface area contributed by atoms with Gasteiger partial charge in [0.05, 0.1) is 10.6 Å². The second kappa shape index (κ2) is 5.37. The number of rotatable bonds is 4. The van der Waals surface area contributed by atoms with Gasteiger partial charge in [0.2, 0.25) is 5.91 Å². The van der Waals surface area contributed by atoms with E-state index >= 15 is 0 Å². The third-order valence-corrected chi connectivity index (χ3v) is 5.71. The molecule has 2 aromatic carbocycles. The summed E-state index contributed by atoms with van der Waals surface area (Å²) in [6, 6.07) is 10.4. The van der Waals surface area contributed by atoms with Crippen LogP contribution in [-0.4, -0.2) is 28.0 Å². The summed E-state index contributed by atoms with van der Waals surface area (Å²) in [5, 5.41) is 1.44. The Hall–Kier alpha value is -1.92. The van der Waals surface area contributed by atoms with Gasteiger partial charge in [-0.15, -0.1) is 0 Å². The molecule has 1 aliphatic heterocycles. The van der Waals surface area contributed by atoms with E-state index in [1.807, 2.05) is 12.1 Å². The molecule has 116 valence electrons. The molecule has 0 radical (unpaired) electrons. The largest absolute Gasteiger partial charge is 0.385 e. The molecule has 0 spiro atoms. The Balaban J connectivity index is 2.12. The van der Waals surface area contributed by atoms with Gasteiger partial charge in [0.1, 0.15) is 0 Å². The number of nitrogens with zero attached hydrogens (tertiary/aromatic N) is 1. The third kappa shape index (κ3) is 2.10. The maximum Gasteiger partial charge on any atom is 0.271 e. The summed E-state index contributed by atoms with van der Waals surface area (Å²) >= 11 is 0. The second-order valence-electron chi connectivity index (χ2n) is 5.42. The average Bonchev–Trinajstić information content (AvgIpc) is 2.74. The summed E-state index contributed by atoms with van der Waals surface area (Å²) in [4.78, 5) is 12.9. The summed E-state index contributed by atoms with van der Waals surface area (Å²) in [5.74, 6) is -0.847. The molecule has 1 amide bonds. The van der Waals surface area contributed by atoms with Gasteiger partial charge in [-0.2, -0.15) is 0 Å². The van der Waals surface area contributed by atoms with Gasteiger partial charge in [0.15, 0.2) is 0 Å². The summed E-state index contributed by atoms with van der Waals surface area (Å²) in [5.41, 5.74) is 0.447. The number of anilines is 1. The number of hydrogen-bond acceptors (Lipinski definition) is 4. The molecule has 0 unspecified atom stereocenters. The molecule has 6 heteroatoms. The van der Waals surface area contributed by atoms with Crippen molar-refractivity contribution in [3.05, 3.63) is 36.4 Å². The third-order valence-electron chi connectivity index (χ3n) is 3.96. The van der Waals surface area contributed by atoms with Crippen LogP contribution in [0.3, 0.4) is 0 Å². The number of ether oxygens (including phenoxy) is 1. The first-order valence-corrected chi connectivity index (χ1v) is 8.52. The SMILES string of the molecule is COCC[C@H](C)C(=O)N1c2cccc3cccc(c23)S1(=O)=O. The Morgan fingerprint density at radius 3 is 2.59 bits per heavy atom. The van der Waals surface area contributed by atoms with Crippen molar-refractivity contribution in [3.8, 4) is 0 Å². The molecule has 3 rings (SSSR count). The van der Waals surface area contributed by atoms with E-state index in [-0.39, 0.29) is 4.90 Å². The van der Waals surface area contributed by atoms with E-state index in [2.05, 4.69) is 0 Å². The van der Waals surface area contributed by atoms with Gasteiger partial charge in [0, 0.05) is 25.0 Å². The minimum atomic E-state index is -3.82. The molecular weight excluding hydrogens is 302 g/mol. The fourth-order valence-electron chi connectivity index (χ4n) is 2.75. The maximum absolute atomic E-state index is 12.8. The van der Waals surface area contributed by atoms with E-state index in [0.29, 0.717) is 24.1 Å². The van der Waals surface area contributed by atoms with Gasteiger partial charge in [0.25, 0.3) is 10.0 Å². The topological polar surface area (TPSA) is 63.7 Å². The molecule has 1 aliphatic rings. The van der Waals surface area contributed by atoms with Crippen LogP contribution in [0.2, 0.25) is 0 Å². The lowest BCUT2D eigenvalue weighted by molar-refractivity contribution is -0.121. The van der Waals surface area contributed by atoms with Crippen LogP contribution in [0.15, 0.2) is 41.3 Å². The number of benzene rings is 2. The number of carbonyl (C=O) groups is 1. The Kier molecular flexibility index (Phi) is 3.66. The first kappa shape index (κ1) is 15.0. The van der Waals surface area contributed by atoms with Crippen molar-refractivity contribution < 1.29 is 17.9 Å². The zero-order valence-electron chi connectivity index (χ0n) is 12.4. The summed E-state index contributed by atoms with van der Waals surface area (Å²) in [7, 11) is -2.27. The molecule has 0 saturated carbocycles. The molecule has 1 heterocycles. The molecule has 0 saturated heterocycles. The van der Waals surface area contributed by atoms with E-state index in [1.54, 1.807) is 38.3 Å². The minimum Gasteiger partial charge on any atom is -0.385 e. The average molecular weight is 319 g/mol. The number of amides is 1. The standard InChI is InChI=1S/C16H17NO4S/c1-11(9-10-21-2)16(18)17-13-7-3-5-12-6-4-8-14(15(12)13)22(17,19)20/h3-8,11H,9-10H2,1-2H3/t11-/m0/s1. The summed E-state index contributed by atoms with van der Waals surface area (Å²) < 4.78 is 31.4. The first-order chi connectivity index (χ1) is 10.5. The van der Waals surface area contributed by atoms with E-state index in [0.717, 1.165) is 9.69 Å². The highest BCUT2D eigenvalue weighted by Gasteiger charge is 2.41. The normalized spacial score (nSPS) is 16.9. The first-order valence-electron chi connectivity index (χ1n) is 7.08. The predicted molar refractivity (Wildman–Crippen MR) is 84.3 cm³/mol. The quantitative estimate of drug-likeness (QED) is 0.869. The molecule has 0 aliphatic carbocycles. The molecule has 0 bridgehead atoms. The fraction of sp³-hybridized carbons (Fsp3) is 0.312. The fourth-order valence-corrected chi connectivity index (χ4v) is 4.51. The van der Waals surface area contributed by atoms with Crippen molar-refractivity contribution in [2.75, 3.05) is 18.0 Å². The zero-order chi connectivity index (χ0) is 15.9. The number of sulfonamides is 1. The van der Waals surface area contributed by atoms with Crippen LogP contribution in [0.4, 0.5) is 5.69 Å². The van der Waals surface area contributed by atoms with Crippen LogP contribution in [-0.2, 0) is 19.6 Å². The van der Waals surface area contributed by atoms with Crippen LogP contribution in [0, 0.1) is 5.92 Å². The highest BCUT2D eigenvalue weighted by atomic mass is 32.2. The molecule has 0 aromatic heterocycles. The predicted octanol–water partition coefficient (Wildman–Crippen LogP) is 2.55. The van der Waals surface area contributed by atoms with Crippen molar-refractivity contribution >= 4 is 32.4 Å². The Morgan fingerprint density at radius 1 is 1.23 bits per heavy atom. The van der Waals surface area contributed by atoms with Crippen LogP contribution in [0.1, 0.15) is 13.3 Å². The Morgan fingerprint density at radius 2 is 1.91 bits per heavy atom. The lowest BCUT2D eigenvalue weighted by Crippen LogP contribution is -2.38. The monoisotopic (exact) mass is 319 g/mol. The van der Waals surface area contributed by atoms with Gasteiger partial charge in [-0.25, -0.2) is 12.7 Å². The molecule has 2 aromatic rings. The van der Waals surface area contributed by atoms with E-state index in [9.17, 15) is 13.2 Å². The highest BCUT2D eigenvalue weighted by Crippen LogP contribution is 2.42. The summed E-state index contributed by atoms with van der Waals surface area (Å²) in [6.07, 6.45) is 0.480. The maximum atomic E-state index is 12.8. The lowest BCUT2D eigenvalue weighted by atomic mass is 10.1. The minimum absolute atomic E-state index is 0.202.